The molecule has 0 radical (unpaired) electrons. The lowest BCUT2D eigenvalue weighted by molar-refractivity contribution is -0.130. The zero-order valence-corrected chi connectivity index (χ0v) is 10.9. The van der Waals surface area contributed by atoms with Crippen molar-refractivity contribution in [2.75, 3.05) is 19.6 Å². The lowest BCUT2D eigenvalue weighted by Gasteiger charge is -2.17. The molecule has 0 aromatic heterocycles. The summed E-state index contributed by atoms with van der Waals surface area (Å²) < 4.78 is 0. The molecule has 16 heavy (non-hydrogen) atoms. The molecule has 94 valence electrons. The molecule has 3 unspecified atom stereocenters. The van der Waals surface area contributed by atoms with E-state index in [2.05, 4.69) is 20.8 Å². The Hall–Kier alpha value is -0.570. The molecule has 1 rings (SSSR count). The van der Waals surface area contributed by atoms with Crippen LogP contribution in [0.25, 0.3) is 0 Å². The monoisotopic (exact) mass is 226 g/mol. The van der Waals surface area contributed by atoms with E-state index in [0.29, 0.717) is 30.1 Å². The molecule has 1 heterocycles. The molecule has 2 N–H and O–H groups in total. The van der Waals surface area contributed by atoms with Crippen LogP contribution in [0.1, 0.15) is 40.0 Å². The van der Waals surface area contributed by atoms with Crippen molar-refractivity contribution in [3.8, 4) is 0 Å². The molecule has 1 aliphatic rings. The second kappa shape index (κ2) is 6.24. The first-order valence-corrected chi connectivity index (χ1v) is 6.52. The molecule has 0 aliphatic carbocycles. The van der Waals surface area contributed by atoms with E-state index in [1.54, 1.807) is 0 Å². The van der Waals surface area contributed by atoms with E-state index in [1.807, 2.05) is 4.90 Å². The Kier molecular flexibility index (Phi) is 5.26. The van der Waals surface area contributed by atoms with E-state index in [-0.39, 0.29) is 0 Å². The maximum atomic E-state index is 11.9. The highest BCUT2D eigenvalue weighted by Gasteiger charge is 2.28. The highest BCUT2D eigenvalue weighted by atomic mass is 16.2. The maximum absolute atomic E-state index is 11.9. The van der Waals surface area contributed by atoms with Crippen molar-refractivity contribution in [3.05, 3.63) is 0 Å². The molecular weight excluding hydrogens is 200 g/mol. The fraction of sp³-hybridized carbons (Fsp3) is 0.923. The summed E-state index contributed by atoms with van der Waals surface area (Å²) in [5.41, 5.74) is 5.50. The van der Waals surface area contributed by atoms with Crippen molar-refractivity contribution in [1.82, 2.24) is 4.90 Å². The first-order chi connectivity index (χ1) is 7.54. The molecule has 0 aromatic carbocycles. The van der Waals surface area contributed by atoms with E-state index in [0.717, 1.165) is 32.5 Å². The number of hydrogen-bond donors (Lipinski definition) is 1. The minimum absolute atomic E-state index is 0.333. The van der Waals surface area contributed by atoms with Gasteiger partial charge in [0.15, 0.2) is 0 Å². The lowest BCUT2D eigenvalue weighted by Crippen LogP contribution is -2.29. The first kappa shape index (κ1) is 13.5. The summed E-state index contributed by atoms with van der Waals surface area (Å²) in [7, 11) is 0. The van der Waals surface area contributed by atoms with E-state index in [1.165, 1.54) is 0 Å². The van der Waals surface area contributed by atoms with Gasteiger partial charge in [-0.2, -0.15) is 0 Å². The van der Waals surface area contributed by atoms with Crippen LogP contribution < -0.4 is 5.73 Å². The number of rotatable bonds is 5. The summed E-state index contributed by atoms with van der Waals surface area (Å²) in [6.45, 7) is 9.27. The summed E-state index contributed by atoms with van der Waals surface area (Å²) in [6.07, 6.45) is 2.70. The van der Waals surface area contributed by atoms with Gasteiger partial charge >= 0.3 is 0 Å². The Morgan fingerprint density at radius 3 is 2.38 bits per heavy atom. The second-order valence-electron chi connectivity index (χ2n) is 5.47. The van der Waals surface area contributed by atoms with Gasteiger partial charge in [0, 0.05) is 19.5 Å². The standard InChI is InChI=1S/C13H26N2O/c1-10(6-7-14)4-5-13(16)15-8-11(2)12(3)9-15/h10-12H,4-9,14H2,1-3H3. The second-order valence-corrected chi connectivity index (χ2v) is 5.47. The van der Waals surface area contributed by atoms with Crippen molar-refractivity contribution in [1.29, 1.82) is 0 Å². The predicted octanol–water partition coefficient (Wildman–Crippen LogP) is 1.87. The largest absolute Gasteiger partial charge is 0.342 e. The van der Waals surface area contributed by atoms with Gasteiger partial charge in [-0.25, -0.2) is 0 Å². The minimum Gasteiger partial charge on any atom is -0.342 e. The van der Waals surface area contributed by atoms with Crippen molar-refractivity contribution in [2.24, 2.45) is 23.5 Å². The normalized spacial score (nSPS) is 27.1. The molecule has 0 spiro atoms. The fourth-order valence-corrected chi connectivity index (χ4v) is 2.29. The average molecular weight is 226 g/mol. The van der Waals surface area contributed by atoms with Crippen LogP contribution in [-0.2, 0) is 4.79 Å². The van der Waals surface area contributed by atoms with Crippen molar-refractivity contribution >= 4 is 5.91 Å². The molecule has 3 atom stereocenters. The number of hydrogen-bond acceptors (Lipinski definition) is 2. The zero-order chi connectivity index (χ0) is 12.1. The molecule has 3 nitrogen and oxygen atoms in total. The minimum atomic E-state index is 0.333. The van der Waals surface area contributed by atoms with Crippen LogP contribution >= 0.6 is 0 Å². The average Bonchev–Trinajstić information content (AvgIpc) is 2.56. The molecular formula is C13H26N2O. The van der Waals surface area contributed by atoms with E-state index in [4.69, 9.17) is 5.73 Å². The maximum Gasteiger partial charge on any atom is 0.222 e. The van der Waals surface area contributed by atoms with Crippen LogP contribution in [0.15, 0.2) is 0 Å². The summed E-state index contributed by atoms with van der Waals surface area (Å²) in [6, 6.07) is 0. The highest BCUT2D eigenvalue weighted by molar-refractivity contribution is 5.76. The Morgan fingerprint density at radius 2 is 1.88 bits per heavy atom. The number of nitrogens with two attached hydrogens (primary N) is 1. The molecule has 3 heteroatoms. The number of carbonyl (C=O) groups excluding carboxylic acids is 1. The van der Waals surface area contributed by atoms with Gasteiger partial charge in [0.1, 0.15) is 0 Å². The van der Waals surface area contributed by atoms with Crippen molar-refractivity contribution in [3.63, 3.8) is 0 Å². The topological polar surface area (TPSA) is 46.3 Å². The van der Waals surface area contributed by atoms with Gasteiger partial charge in [0.2, 0.25) is 5.91 Å². The van der Waals surface area contributed by atoms with E-state index in [9.17, 15) is 4.79 Å². The van der Waals surface area contributed by atoms with Gasteiger partial charge in [0.05, 0.1) is 0 Å². The first-order valence-electron chi connectivity index (χ1n) is 6.52. The third-order valence-corrected chi connectivity index (χ3v) is 3.85. The van der Waals surface area contributed by atoms with Crippen LogP contribution in [-0.4, -0.2) is 30.4 Å². The number of nitrogens with zero attached hydrogens (tertiary/aromatic N) is 1. The summed E-state index contributed by atoms with van der Waals surface area (Å²) in [5, 5.41) is 0. The van der Waals surface area contributed by atoms with Crippen LogP contribution in [0.5, 0.6) is 0 Å². The summed E-state index contributed by atoms with van der Waals surface area (Å²) in [5.74, 6) is 2.22. The van der Waals surface area contributed by atoms with Gasteiger partial charge in [-0.1, -0.05) is 20.8 Å². The van der Waals surface area contributed by atoms with Gasteiger partial charge < -0.3 is 10.6 Å². The third kappa shape index (κ3) is 3.78. The van der Waals surface area contributed by atoms with Crippen LogP contribution in [0.3, 0.4) is 0 Å². The number of amides is 1. The quantitative estimate of drug-likeness (QED) is 0.778. The molecule has 1 saturated heterocycles. The van der Waals surface area contributed by atoms with Crippen LogP contribution in [0.4, 0.5) is 0 Å². The highest BCUT2D eigenvalue weighted by Crippen LogP contribution is 2.23. The predicted molar refractivity (Wildman–Crippen MR) is 67.0 cm³/mol. The van der Waals surface area contributed by atoms with Crippen LogP contribution in [0, 0.1) is 17.8 Å². The zero-order valence-electron chi connectivity index (χ0n) is 10.9. The SMILES string of the molecule is CC(CCN)CCC(=O)N1CC(C)C(C)C1. The smallest absolute Gasteiger partial charge is 0.222 e. The molecule has 1 amide bonds. The summed E-state index contributed by atoms with van der Waals surface area (Å²) >= 11 is 0. The molecule has 0 bridgehead atoms. The molecule has 0 saturated carbocycles. The van der Waals surface area contributed by atoms with Crippen LogP contribution in [0.2, 0.25) is 0 Å². The van der Waals surface area contributed by atoms with Crippen molar-refractivity contribution < 1.29 is 4.79 Å². The lowest BCUT2D eigenvalue weighted by atomic mass is 10.0. The molecule has 1 aliphatic heterocycles. The van der Waals surface area contributed by atoms with Crippen molar-refractivity contribution in [2.45, 2.75) is 40.0 Å². The Bertz CT molecular complexity index is 220. The van der Waals surface area contributed by atoms with E-state index < -0.39 is 0 Å². The fourth-order valence-electron chi connectivity index (χ4n) is 2.29. The van der Waals surface area contributed by atoms with Gasteiger partial charge in [-0.05, 0) is 37.1 Å². The summed E-state index contributed by atoms with van der Waals surface area (Å²) in [4.78, 5) is 14.0. The molecule has 0 aromatic rings. The number of likely N-dealkylation sites (tertiary alicyclic amines) is 1. The molecule has 1 fully saturated rings. The van der Waals surface area contributed by atoms with Gasteiger partial charge in [-0.15, -0.1) is 0 Å². The van der Waals surface area contributed by atoms with Gasteiger partial charge in [0.25, 0.3) is 0 Å². The Balaban J connectivity index is 2.25. The van der Waals surface area contributed by atoms with E-state index >= 15 is 0 Å². The van der Waals surface area contributed by atoms with Gasteiger partial charge in [-0.3, -0.25) is 4.79 Å². The Morgan fingerprint density at radius 1 is 1.31 bits per heavy atom. The third-order valence-electron chi connectivity index (χ3n) is 3.85. The number of carbonyl (C=O) groups is 1. The Labute approximate surface area is 99.4 Å².